The third-order valence-electron chi connectivity index (χ3n) is 3.68. The smallest absolute Gasteiger partial charge is 0.403 e. The molecule has 17 heavy (non-hydrogen) atoms. The van der Waals surface area contributed by atoms with Gasteiger partial charge in [-0.2, -0.15) is 0 Å². The van der Waals surface area contributed by atoms with Gasteiger partial charge in [-0.15, -0.1) is 0 Å². The molecule has 1 aromatic rings. The second-order valence-corrected chi connectivity index (χ2v) is 5.70. The van der Waals surface area contributed by atoms with Crippen LogP contribution in [0.1, 0.15) is 39.0 Å². The summed E-state index contributed by atoms with van der Waals surface area (Å²) in [7, 11) is -0.176. The fourth-order valence-corrected chi connectivity index (χ4v) is 1.86. The first-order valence-electron chi connectivity index (χ1n) is 6.07. The third kappa shape index (κ3) is 2.53. The summed E-state index contributed by atoms with van der Waals surface area (Å²) in [4.78, 5) is 4.28. The van der Waals surface area contributed by atoms with Crippen molar-refractivity contribution in [1.29, 1.82) is 0 Å². The van der Waals surface area contributed by atoms with E-state index in [1.165, 1.54) is 0 Å². The van der Waals surface area contributed by atoms with E-state index in [9.17, 15) is 0 Å². The number of aryl methyl sites for hydroxylation is 1. The van der Waals surface area contributed by atoms with Crippen LogP contribution in [0, 0.1) is 6.92 Å². The highest BCUT2D eigenvalue weighted by Gasteiger charge is 2.50. The Bertz CT molecular complexity index is 384. The zero-order valence-corrected chi connectivity index (χ0v) is 11.3. The highest BCUT2D eigenvalue weighted by Crippen LogP contribution is 2.37. The Kier molecular flexibility index (Phi) is 3.04. The summed E-state index contributed by atoms with van der Waals surface area (Å²) in [6.07, 6.45) is 2.64. The van der Waals surface area contributed by atoms with Crippen molar-refractivity contribution >= 4 is 7.12 Å². The van der Waals surface area contributed by atoms with E-state index < -0.39 is 0 Å². The molecular weight excluding hydrogens is 213 g/mol. The molecule has 0 aromatic carbocycles. The molecule has 0 saturated carbocycles. The van der Waals surface area contributed by atoms with E-state index >= 15 is 0 Å². The van der Waals surface area contributed by atoms with E-state index in [0.717, 1.165) is 17.6 Å². The Morgan fingerprint density at radius 2 is 1.71 bits per heavy atom. The van der Waals surface area contributed by atoms with Gasteiger partial charge in [0.05, 0.1) is 11.2 Å². The van der Waals surface area contributed by atoms with Gasteiger partial charge in [-0.05, 0) is 46.2 Å². The Balaban J connectivity index is 2.05. The second-order valence-electron chi connectivity index (χ2n) is 5.70. The zero-order valence-electron chi connectivity index (χ0n) is 11.3. The molecule has 1 aliphatic heterocycles. The molecule has 0 aliphatic carbocycles. The maximum Gasteiger partial charge on any atom is 0.462 e. The summed E-state index contributed by atoms with van der Waals surface area (Å²) in [6, 6.07) is 4.09. The lowest BCUT2D eigenvalue weighted by molar-refractivity contribution is 0.00578. The van der Waals surface area contributed by atoms with Crippen molar-refractivity contribution in [3.63, 3.8) is 0 Å². The lowest BCUT2D eigenvalue weighted by Crippen LogP contribution is -2.41. The first-order valence-corrected chi connectivity index (χ1v) is 6.07. The van der Waals surface area contributed by atoms with Gasteiger partial charge >= 0.3 is 7.12 Å². The summed E-state index contributed by atoms with van der Waals surface area (Å²) in [5, 5.41) is 0. The first kappa shape index (κ1) is 12.6. The zero-order chi connectivity index (χ0) is 12.7. The molecule has 0 spiro atoms. The number of rotatable bonds is 2. The quantitative estimate of drug-likeness (QED) is 0.735. The predicted molar refractivity (Wildman–Crippen MR) is 68.8 cm³/mol. The van der Waals surface area contributed by atoms with Gasteiger partial charge in [-0.25, -0.2) is 0 Å². The molecule has 4 heteroatoms. The summed E-state index contributed by atoms with van der Waals surface area (Å²) in [5.41, 5.74) is 1.67. The van der Waals surface area contributed by atoms with E-state index in [2.05, 4.69) is 38.7 Å². The maximum atomic E-state index is 5.95. The van der Waals surface area contributed by atoms with E-state index in [1.807, 2.05) is 19.2 Å². The van der Waals surface area contributed by atoms with Gasteiger partial charge in [0.15, 0.2) is 0 Å². The largest absolute Gasteiger partial charge is 0.462 e. The summed E-state index contributed by atoms with van der Waals surface area (Å²) in [5.74, 6) is 0. The Labute approximate surface area is 104 Å². The van der Waals surface area contributed by atoms with E-state index in [4.69, 9.17) is 9.31 Å². The number of pyridine rings is 1. The number of hydrogen-bond acceptors (Lipinski definition) is 3. The lowest BCUT2D eigenvalue weighted by Gasteiger charge is -2.32. The van der Waals surface area contributed by atoms with E-state index in [0.29, 0.717) is 0 Å². The number of nitrogens with zero attached hydrogens (tertiary/aromatic N) is 1. The molecule has 3 nitrogen and oxygen atoms in total. The molecule has 1 fully saturated rings. The number of aromatic nitrogens is 1. The van der Waals surface area contributed by atoms with Crippen LogP contribution in [0.3, 0.4) is 0 Å². The standard InChI is InChI=1S/C13H20BNO2/c1-10-6-7-11(9-15-10)8-14-16-12(2,3)13(4,5)17-14/h6-7,9H,8H2,1-5H3. The summed E-state index contributed by atoms with van der Waals surface area (Å²) >= 11 is 0. The first-order chi connectivity index (χ1) is 7.80. The number of hydrogen-bond donors (Lipinski definition) is 0. The van der Waals surface area contributed by atoms with Crippen LogP contribution in [0.25, 0.3) is 0 Å². The molecule has 0 amide bonds. The van der Waals surface area contributed by atoms with Gasteiger partial charge in [0, 0.05) is 18.2 Å². The molecule has 0 bridgehead atoms. The van der Waals surface area contributed by atoms with E-state index in [-0.39, 0.29) is 18.3 Å². The van der Waals surface area contributed by atoms with Crippen LogP contribution in [0.15, 0.2) is 18.3 Å². The van der Waals surface area contributed by atoms with Gasteiger partial charge in [0.2, 0.25) is 0 Å². The molecule has 1 aromatic heterocycles. The highest BCUT2D eigenvalue weighted by molar-refractivity contribution is 6.45. The monoisotopic (exact) mass is 233 g/mol. The van der Waals surface area contributed by atoms with Crippen LogP contribution in [-0.4, -0.2) is 23.3 Å². The molecular formula is C13H20BNO2. The molecule has 2 rings (SSSR count). The Hall–Kier alpha value is -0.865. The van der Waals surface area contributed by atoms with E-state index in [1.54, 1.807) is 0 Å². The average Bonchev–Trinajstić information content (AvgIpc) is 2.39. The topological polar surface area (TPSA) is 31.4 Å². The molecule has 1 aliphatic rings. The molecule has 1 saturated heterocycles. The fourth-order valence-electron chi connectivity index (χ4n) is 1.86. The summed E-state index contributed by atoms with van der Waals surface area (Å²) in [6.45, 7) is 10.3. The molecule has 92 valence electrons. The predicted octanol–water partition coefficient (Wildman–Crippen LogP) is 2.56. The van der Waals surface area contributed by atoms with Crippen molar-refractivity contribution < 1.29 is 9.31 Å². The SMILES string of the molecule is Cc1ccc(CB2OC(C)(C)C(C)(C)O2)cn1. The molecule has 0 unspecified atom stereocenters. The molecule has 0 N–H and O–H groups in total. The highest BCUT2D eigenvalue weighted by atomic mass is 16.7. The van der Waals surface area contributed by atoms with Crippen molar-refractivity contribution in [2.24, 2.45) is 0 Å². The molecule has 2 heterocycles. The van der Waals surface area contributed by atoms with Gasteiger partial charge in [0.25, 0.3) is 0 Å². The normalized spacial score (nSPS) is 21.8. The van der Waals surface area contributed by atoms with Gasteiger partial charge in [0.1, 0.15) is 0 Å². The van der Waals surface area contributed by atoms with Gasteiger partial charge < -0.3 is 9.31 Å². The van der Waals surface area contributed by atoms with Crippen LogP contribution < -0.4 is 0 Å². The molecule has 0 radical (unpaired) electrons. The van der Waals surface area contributed by atoms with Crippen LogP contribution in [-0.2, 0) is 15.6 Å². The summed E-state index contributed by atoms with van der Waals surface area (Å²) < 4.78 is 11.9. The van der Waals surface area contributed by atoms with Crippen molar-refractivity contribution in [1.82, 2.24) is 4.98 Å². The van der Waals surface area contributed by atoms with Crippen molar-refractivity contribution in [2.45, 2.75) is 52.1 Å². The maximum absolute atomic E-state index is 5.95. The Morgan fingerprint density at radius 1 is 1.12 bits per heavy atom. The third-order valence-corrected chi connectivity index (χ3v) is 3.68. The van der Waals surface area contributed by atoms with Gasteiger partial charge in [-0.1, -0.05) is 6.07 Å². The second kappa shape index (κ2) is 4.11. The molecule has 0 atom stereocenters. The van der Waals surface area contributed by atoms with Crippen LogP contribution >= 0.6 is 0 Å². The minimum atomic E-state index is -0.254. The fraction of sp³-hybridized carbons (Fsp3) is 0.615. The Morgan fingerprint density at radius 3 is 2.18 bits per heavy atom. The van der Waals surface area contributed by atoms with Crippen LogP contribution in [0.5, 0.6) is 0 Å². The average molecular weight is 233 g/mol. The minimum Gasteiger partial charge on any atom is -0.403 e. The minimum absolute atomic E-state index is 0.176. The van der Waals surface area contributed by atoms with Crippen LogP contribution in [0.4, 0.5) is 0 Å². The van der Waals surface area contributed by atoms with Crippen molar-refractivity contribution in [2.75, 3.05) is 0 Å². The van der Waals surface area contributed by atoms with Crippen molar-refractivity contribution in [3.8, 4) is 0 Å². The van der Waals surface area contributed by atoms with Crippen LogP contribution in [0.2, 0.25) is 0 Å². The lowest BCUT2D eigenvalue weighted by atomic mass is 9.81. The van der Waals surface area contributed by atoms with Gasteiger partial charge in [-0.3, -0.25) is 4.98 Å². The van der Waals surface area contributed by atoms with Crippen molar-refractivity contribution in [3.05, 3.63) is 29.6 Å².